The van der Waals surface area contributed by atoms with E-state index in [0.29, 0.717) is 15.6 Å². The zero-order chi connectivity index (χ0) is 14.0. The number of aryl methyl sites for hydroxylation is 1. The Labute approximate surface area is 123 Å². The van der Waals surface area contributed by atoms with Crippen molar-refractivity contribution in [2.24, 2.45) is 5.73 Å². The predicted octanol–water partition coefficient (Wildman–Crippen LogP) is 4.05. The summed E-state index contributed by atoms with van der Waals surface area (Å²) < 4.78 is 0. The van der Waals surface area contributed by atoms with Gasteiger partial charge in [0.05, 0.1) is 16.3 Å². The molecule has 0 aromatic heterocycles. The van der Waals surface area contributed by atoms with Crippen LogP contribution in [0.2, 0.25) is 5.02 Å². The van der Waals surface area contributed by atoms with Gasteiger partial charge in [0, 0.05) is 12.7 Å². The molecule has 0 saturated heterocycles. The summed E-state index contributed by atoms with van der Waals surface area (Å²) >= 11 is 11.3. The van der Waals surface area contributed by atoms with Crippen molar-refractivity contribution in [3.05, 3.63) is 58.6 Å². The largest absolute Gasteiger partial charge is 0.389 e. The van der Waals surface area contributed by atoms with Gasteiger partial charge in [-0.1, -0.05) is 48.1 Å². The molecule has 0 amide bonds. The summed E-state index contributed by atoms with van der Waals surface area (Å²) in [7, 11) is 1.98. The molecule has 2 aromatic carbocycles. The lowest BCUT2D eigenvalue weighted by Gasteiger charge is -2.24. The maximum atomic E-state index is 6.20. The highest BCUT2D eigenvalue weighted by atomic mass is 35.5. The zero-order valence-corrected chi connectivity index (χ0v) is 12.4. The highest BCUT2D eigenvalue weighted by Gasteiger charge is 2.15. The summed E-state index contributed by atoms with van der Waals surface area (Å²) in [6, 6.07) is 13.8. The number of hydrogen-bond donors (Lipinski definition) is 1. The molecule has 0 saturated carbocycles. The van der Waals surface area contributed by atoms with Crippen LogP contribution in [0.1, 0.15) is 11.1 Å². The molecule has 0 spiro atoms. The number of benzene rings is 2. The standard InChI is InChI=1S/C15H15ClN2S/c1-10-6-3-4-8-12(10)18(2)13-9-5-7-11(16)14(13)15(17)19/h3-9H,1-2H3,(H2,17,19). The van der Waals surface area contributed by atoms with Gasteiger partial charge in [0.2, 0.25) is 0 Å². The van der Waals surface area contributed by atoms with Crippen LogP contribution < -0.4 is 10.6 Å². The molecule has 2 nitrogen and oxygen atoms in total. The van der Waals surface area contributed by atoms with E-state index in [1.165, 1.54) is 5.56 Å². The predicted molar refractivity (Wildman–Crippen MR) is 86.6 cm³/mol. The van der Waals surface area contributed by atoms with Crippen LogP contribution in [0.15, 0.2) is 42.5 Å². The molecule has 0 aliphatic heterocycles. The number of hydrogen-bond acceptors (Lipinski definition) is 2. The summed E-state index contributed by atoms with van der Waals surface area (Å²) in [6.07, 6.45) is 0. The Kier molecular flexibility index (Phi) is 4.08. The van der Waals surface area contributed by atoms with Gasteiger partial charge in [-0.25, -0.2) is 0 Å². The second kappa shape index (κ2) is 5.59. The molecule has 0 aliphatic rings. The van der Waals surface area contributed by atoms with Crippen LogP contribution in [0.5, 0.6) is 0 Å². The van der Waals surface area contributed by atoms with E-state index in [4.69, 9.17) is 29.6 Å². The van der Waals surface area contributed by atoms with Crippen molar-refractivity contribution >= 4 is 40.2 Å². The highest BCUT2D eigenvalue weighted by Crippen LogP contribution is 2.32. The lowest BCUT2D eigenvalue weighted by atomic mass is 10.1. The van der Waals surface area contributed by atoms with Crippen molar-refractivity contribution in [1.29, 1.82) is 0 Å². The summed E-state index contributed by atoms with van der Waals surface area (Å²) in [5.41, 5.74) is 9.69. The molecule has 19 heavy (non-hydrogen) atoms. The van der Waals surface area contributed by atoms with E-state index in [0.717, 1.165) is 11.4 Å². The first-order chi connectivity index (χ1) is 9.02. The third kappa shape index (κ3) is 2.72. The maximum absolute atomic E-state index is 6.20. The molecule has 2 N–H and O–H groups in total. The number of nitrogens with two attached hydrogens (primary N) is 1. The first kappa shape index (κ1) is 13.8. The molecule has 0 radical (unpaired) electrons. The lowest BCUT2D eigenvalue weighted by molar-refractivity contribution is 1.18. The fraction of sp³-hybridized carbons (Fsp3) is 0.133. The van der Waals surface area contributed by atoms with Crippen molar-refractivity contribution in [2.45, 2.75) is 6.92 Å². The van der Waals surface area contributed by atoms with E-state index in [1.807, 2.05) is 31.3 Å². The van der Waals surface area contributed by atoms with Crippen molar-refractivity contribution in [1.82, 2.24) is 0 Å². The van der Waals surface area contributed by atoms with Gasteiger partial charge in [0.25, 0.3) is 0 Å². The molecule has 98 valence electrons. The SMILES string of the molecule is Cc1ccccc1N(C)c1cccc(Cl)c1C(N)=S. The summed E-state index contributed by atoms with van der Waals surface area (Å²) in [4.78, 5) is 2.36. The van der Waals surface area contributed by atoms with Gasteiger partial charge in [0.1, 0.15) is 4.99 Å². The highest BCUT2D eigenvalue weighted by molar-refractivity contribution is 7.80. The van der Waals surface area contributed by atoms with Crippen LogP contribution in [0, 0.1) is 6.92 Å². The van der Waals surface area contributed by atoms with Crippen molar-refractivity contribution in [3.63, 3.8) is 0 Å². The van der Waals surface area contributed by atoms with Gasteiger partial charge in [0.15, 0.2) is 0 Å². The quantitative estimate of drug-likeness (QED) is 0.865. The number of thiocarbonyl (C=S) groups is 1. The number of halogens is 1. The third-order valence-corrected chi connectivity index (χ3v) is 3.60. The minimum absolute atomic E-state index is 0.307. The second-order valence-corrected chi connectivity index (χ2v) is 5.19. The van der Waals surface area contributed by atoms with E-state index in [1.54, 1.807) is 6.07 Å². The van der Waals surface area contributed by atoms with Crippen LogP contribution in [0.25, 0.3) is 0 Å². The van der Waals surface area contributed by atoms with E-state index < -0.39 is 0 Å². The number of rotatable bonds is 3. The molecule has 0 heterocycles. The van der Waals surface area contributed by atoms with Crippen molar-refractivity contribution in [3.8, 4) is 0 Å². The smallest absolute Gasteiger partial charge is 0.107 e. The maximum Gasteiger partial charge on any atom is 0.107 e. The lowest BCUT2D eigenvalue weighted by Crippen LogP contribution is -2.18. The van der Waals surface area contributed by atoms with E-state index >= 15 is 0 Å². The fourth-order valence-corrected chi connectivity index (χ4v) is 2.65. The van der Waals surface area contributed by atoms with E-state index in [2.05, 4.69) is 24.0 Å². The monoisotopic (exact) mass is 290 g/mol. The van der Waals surface area contributed by atoms with Crippen LogP contribution in [-0.2, 0) is 0 Å². The first-order valence-corrected chi connectivity index (χ1v) is 6.68. The molecule has 2 aromatic rings. The minimum Gasteiger partial charge on any atom is -0.389 e. The van der Waals surface area contributed by atoms with Crippen molar-refractivity contribution < 1.29 is 0 Å². The fourth-order valence-electron chi connectivity index (χ4n) is 2.11. The topological polar surface area (TPSA) is 29.3 Å². The molecule has 0 atom stereocenters. The van der Waals surface area contributed by atoms with Gasteiger partial charge in [-0.05, 0) is 30.7 Å². The van der Waals surface area contributed by atoms with Gasteiger partial charge in [-0.3, -0.25) is 0 Å². The molecule has 0 fully saturated rings. The Balaban J connectivity index is 2.57. The van der Waals surface area contributed by atoms with E-state index in [9.17, 15) is 0 Å². The van der Waals surface area contributed by atoms with Gasteiger partial charge in [-0.2, -0.15) is 0 Å². The van der Waals surface area contributed by atoms with Crippen LogP contribution in [0.4, 0.5) is 11.4 Å². The molecule has 0 bridgehead atoms. The van der Waals surface area contributed by atoms with Crippen LogP contribution in [0.3, 0.4) is 0 Å². The Morgan fingerprint density at radius 1 is 1.11 bits per heavy atom. The van der Waals surface area contributed by atoms with Crippen LogP contribution in [-0.4, -0.2) is 12.0 Å². The number of para-hydroxylation sites is 1. The molecule has 0 unspecified atom stereocenters. The molecule has 2 rings (SSSR count). The Hall–Kier alpha value is -1.58. The molecule has 0 aliphatic carbocycles. The normalized spacial score (nSPS) is 10.3. The summed E-state index contributed by atoms with van der Waals surface area (Å²) in [6.45, 7) is 2.07. The summed E-state index contributed by atoms with van der Waals surface area (Å²) in [5.74, 6) is 0. The van der Waals surface area contributed by atoms with Gasteiger partial charge in [-0.15, -0.1) is 0 Å². The van der Waals surface area contributed by atoms with Gasteiger partial charge < -0.3 is 10.6 Å². The first-order valence-electron chi connectivity index (χ1n) is 5.90. The third-order valence-electron chi connectivity index (χ3n) is 3.08. The van der Waals surface area contributed by atoms with E-state index in [-0.39, 0.29) is 0 Å². The Morgan fingerprint density at radius 3 is 2.37 bits per heavy atom. The van der Waals surface area contributed by atoms with Crippen molar-refractivity contribution in [2.75, 3.05) is 11.9 Å². The Morgan fingerprint density at radius 2 is 1.74 bits per heavy atom. The molecule has 4 heteroatoms. The molecular weight excluding hydrogens is 276 g/mol. The molecular formula is C15H15ClN2S. The summed E-state index contributed by atoms with van der Waals surface area (Å²) in [5, 5.41) is 0.574. The van der Waals surface area contributed by atoms with Gasteiger partial charge >= 0.3 is 0 Å². The second-order valence-electron chi connectivity index (χ2n) is 4.34. The zero-order valence-electron chi connectivity index (χ0n) is 10.9. The number of anilines is 2. The average molecular weight is 291 g/mol. The average Bonchev–Trinajstić information content (AvgIpc) is 2.37. The minimum atomic E-state index is 0.307. The van der Waals surface area contributed by atoms with Crippen LogP contribution >= 0.6 is 23.8 Å². The Bertz CT molecular complexity index is 625. The number of nitrogens with zero attached hydrogens (tertiary/aromatic N) is 1.